The van der Waals surface area contributed by atoms with Crippen LogP contribution in [0.5, 0.6) is 5.75 Å². The molecule has 0 aliphatic rings. The number of rotatable bonds is 5. The Morgan fingerprint density at radius 3 is 2.73 bits per heavy atom. The van der Waals surface area contributed by atoms with E-state index in [9.17, 15) is 4.79 Å². The molecule has 7 heteroatoms. The van der Waals surface area contributed by atoms with Crippen molar-refractivity contribution in [3.63, 3.8) is 0 Å². The number of hydrogen-bond donors (Lipinski definition) is 1. The third-order valence-corrected chi connectivity index (χ3v) is 4.50. The Morgan fingerprint density at radius 1 is 1.23 bits per heavy atom. The number of hydrogen-bond acceptors (Lipinski definition) is 5. The topological polar surface area (TPSA) is 69.0 Å². The first-order chi connectivity index (χ1) is 12.4. The second-order valence-electron chi connectivity index (χ2n) is 6.83. The van der Waals surface area contributed by atoms with Gasteiger partial charge in [-0.15, -0.1) is 0 Å². The molecule has 0 fully saturated rings. The van der Waals surface area contributed by atoms with Gasteiger partial charge in [0.25, 0.3) is 0 Å². The number of fused-ring (bicyclic) bond motifs is 1. The molecule has 2 heterocycles. The molecule has 0 atom stereocenters. The minimum atomic E-state index is -0.262. The van der Waals surface area contributed by atoms with Crippen LogP contribution in [0.15, 0.2) is 47.8 Å². The second-order valence-corrected chi connectivity index (χ2v) is 7.78. The van der Waals surface area contributed by atoms with Crippen LogP contribution >= 0.6 is 11.8 Å². The van der Waals surface area contributed by atoms with Crippen molar-refractivity contribution in [2.75, 3.05) is 12.9 Å². The van der Waals surface area contributed by atoms with Gasteiger partial charge >= 0.3 is 0 Å². The number of benzene rings is 1. The molecule has 3 aromatic rings. The van der Waals surface area contributed by atoms with Gasteiger partial charge in [-0.1, -0.05) is 23.9 Å². The molecule has 136 valence electrons. The first kappa shape index (κ1) is 18.3. The minimum absolute atomic E-state index is 0.0332. The van der Waals surface area contributed by atoms with Gasteiger partial charge in [-0.2, -0.15) is 0 Å². The van der Waals surface area contributed by atoms with E-state index in [4.69, 9.17) is 4.74 Å². The van der Waals surface area contributed by atoms with Crippen molar-refractivity contribution in [2.24, 2.45) is 0 Å². The van der Waals surface area contributed by atoms with Gasteiger partial charge in [0.1, 0.15) is 11.3 Å². The number of thioether (sulfide) groups is 1. The van der Waals surface area contributed by atoms with Gasteiger partial charge in [0.2, 0.25) is 5.91 Å². The van der Waals surface area contributed by atoms with Gasteiger partial charge in [-0.05, 0) is 45.0 Å². The maximum atomic E-state index is 12.2. The molecule has 26 heavy (non-hydrogen) atoms. The summed E-state index contributed by atoms with van der Waals surface area (Å²) >= 11 is 1.38. The number of nitrogens with zero attached hydrogens (tertiary/aromatic N) is 3. The van der Waals surface area contributed by atoms with E-state index >= 15 is 0 Å². The van der Waals surface area contributed by atoms with Crippen LogP contribution in [0.4, 0.5) is 0 Å². The van der Waals surface area contributed by atoms with Gasteiger partial charge in [0, 0.05) is 11.7 Å². The Bertz CT molecular complexity index is 931. The molecule has 1 aromatic carbocycles. The second kappa shape index (κ2) is 7.37. The highest BCUT2D eigenvalue weighted by atomic mass is 32.2. The molecule has 0 aliphatic heterocycles. The lowest BCUT2D eigenvalue weighted by Gasteiger charge is -2.20. The SMILES string of the molecule is COc1ccccc1-n1c(SCC(=O)NC(C)(C)C)nc2cccnc21. The standard InChI is InChI=1S/C19H22N4O2S/c1-19(2,3)22-16(24)12-26-18-21-13-8-7-11-20-17(13)23(18)14-9-5-6-10-15(14)25-4/h5-11H,12H2,1-4H3,(H,22,24). The van der Waals surface area contributed by atoms with Crippen molar-refractivity contribution in [1.29, 1.82) is 0 Å². The molecule has 0 bridgehead atoms. The largest absolute Gasteiger partial charge is 0.495 e. The summed E-state index contributed by atoms with van der Waals surface area (Å²) in [5, 5.41) is 3.67. The fraction of sp³-hybridized carbons (Fsp3) is 0.316. The summed E-state index contributed by atoms with van der Waals surface area (Å²) in [5.41, 5.74) is 2.09. The molecular formula is C19H22N4O2S. The highest BCUT2D eigenvalue weighted by molar-refractivity contribution is 7.99. The van der Waals surface area contributed by atoms with Gasteiger partial charge in [-0.25, -0.2) is 9.97 Å². The number of aromatic nitrogens is 3. The Balaban J connectivity index is 1.99. The van der Waals surface area contributed by atoms with Crippen LogP contribution in [0.3, 0.4) is 0 Å². The summed E-state index contributed by atoms with van der Waals surface area (Å²) in [7, 11) is 1.63. The molecule has 2 aromatic heterocycles. The molecule has 6 nitrogen and oxygen atoms in total. The third kappa shape index (κ3) is 3.99. The van der Waals surface area contributed by atoms with Crippen molar-refractivity contribution >= 4 is 28.8 Å². The van der Waals surface area contributed by atoms with Gasteiger partial charge in [0.05, 0.1) is 18.6 Å². The summed E-state index contributed by atoms with van der Waals surface area (Å²) in [5.74, 6) is 0.961. The summed E-state index contributed by atoms with van der Waals surface area (Å²) in [6.07, 6.45) is 1.73. The van der Waals surface area contributed by atoms with Gasteiger partial charge in [-0.3, -0.25) is 9.36 Å². The Hall–Kier alpha value is -2.54. The predicted molar refractivity (Wildman–Crippen MR) is 104 cm³/mol. The van der Waals surface area contributed by atoms with Crippen LogP contribution in [0, 0.1) is 0 Å². The maximum absolute atomic E-state index is 12.2. The zero-order valence-corrected chi connectivity index (χ0v) is 16.1. The summed E-state index contributed by atoms with van der Waals surface area (Å²) in [4.78, 5) is 21.3. The Labute approximate surface area is 157 Å². The van der Waals surface area contributed by atoms with Crippen LogP contribution in [0.25, 0.3) is 16.9 Å². The lowest BCUT2D eigenvalue weighted by molar-refractivity contribution is -0.119. The molecule has 0 unspecified atom stereocenters. The average Bonchev–Trinajstić information content (AvgIpc) is 2.96. The van der Waals surface area contributed by atoms with Crippen LogP contribution in [-0.4, -0.2) is 38.8 Å². The van der Waals surface area contributed by atoms with Crippen LogP contribution in [0.2, 0.25) is 0 Å². The fourth-order valence-electron chi connectivity index (χ4n) is 2.60. The molecule has 1 N–H and O–H groups in total. The number of carbonyl (C=O) groups excluding carboxylic acids is 1. The normalized spacial score (nSPS) is 11.5. The molecule has 0 aliphatic carbocycles. The smallest absolute Gasteiger partial charge is 0.230 e. The van der Waals surface area contributed by atoms with Crippen LogP contribution in [-0.2, 0) is 4.79 Å². The molecule has 0 saturated heterocycles. The number of pyridine rings is 1. The van der Waals surface area contributed by atoms with E-state index in [1.165, 1.54) is 11.8 Å². The van der Waals surface area contributed by atoms with E-state index < -0.39 is 0 Å². The van der Waals surface area contributed by atoms with Crippen molar-refractivity contribution in [3.8, 4) is 11.4 Å². The molecule has 3 rings (SSSR count). The Kier molecular flexibility index (Phi) is 5.18. The third-order valence-electron chi connectivity index (χ3n) is 3.56. The van der Waals surface area contributed by atoms with Crippen LogP contribution < -0.4 is 10.1 Å². The predicted octanol–water partition coefficient (Wildman–Crippen LogP) is 3.44. The molecule has 1 amide bonds. The number of carbonyl (C=O) groups is 1. The quantitative estimate of drug-likeness (QED) is 0.697. The zero-order chi connectivity index (χ0) is 18.7. The average molecular weight is 370 g/mol. The van der Waals surface area contributed by atoms with E-state index in [0.717, 1.165) is 22.6 Å². The maximum Gasteiger partial charge on any atom is 0.230 e. The number of nitrogens with one attached hydrogen (secondary N) is 1. The number of amides is 1. The molecule has 0 spiro atoms. The number of para-hydroxylation sites is 2. The van der Waals surface area contributed by atoms with Gasteiger partial charge < -0.3 is 10.1 Å². The van der Waals surface area contributed by atoms with E-state index in [0.29, 0.717) is 5.16 Å². The number of methoxy groups -OCH3 is 1. The van der Waals surface area contributed by atoms with E-state index in [1.807, 2.05) is 61.7 Å². The minimum Gasteiger partial charge on any atom is -0.495 e. The highest BCUT2D eigenvalue weighted by Gasteiger charge is 2.19. The monoisotopic (exact) mass is 370 g/mol. The summed E-state index contributed by atoms with van der Waals surface area (Å²) in [6.45, 7) is 5.89. The first-order valence-electron chi connectivity index (χ1n) is 8.30. The van der Waals surface area contributed by atoms with Crippen molar-refractivity contribution in [1.82, 2.24) is 19.9 Å². The van der Waals surface area contributed by atoms with E-state index in [1.54, 1.807) is 13.3 Å². The molecule has 0 saturated carbocycles. The zero-order valence-electron chi connectivity index (χ0n) is 15.3. The van der Waals surface area contributed by atoms with E-state index in [-0.39, 0.29) is 17.2 Å². The number of imidazole rings is 1. The first-order valence-corrected chi connectivity index (χ1v) is 9.28. The van der Waals surface area contributed by atoms with Crippen molar-refractivity contribution in [3.05, 3.63) is 42.6 Å². The molecule has 0 radical (unpaired) electrons. The lowest BCUT2D eigenvalue weighted by Crippen LogP contribution is -2.41. The lowest BCUT2D eigenvalue weighted by atomic mass is 10.1. The van der Waals surface area contributed by atoms with Crippen LogP contribution in [0.1, 0.15) is 20.8 Å². The Morgan fingerprint density at radius 2 is 2.00 bits per heavy atom. The van der Waals surface area contributed by atoms with Crippen molar-refractivity contribution < 1.29 is 9.53 Å². The fourth-order valence-corrected chi connectivity index (χ4v) is 3.41. The van der Waals surface area contributed by atoms with Gasteiger partial charge in [0.15, 0.2) is 10.8 Å². The summed E-state index contributed by atoms with van der Waals surface area (Å²) in [6, 6.07) is 11.5. The highest BCUT2D eigenvalue weighted by Crippen LogP contribution is 2.31. The number of ether oxygens (including phenoxy) is 1. The van der Waals surface area contributed by atoms with E-state index in [2.05, 4.69) is 15.3 Å². The molecular weight excluding hydrogens is 348 g/mol. The summed E-state index contributed by atoms with van der Waals surface area (Å²) < 4.78 is 7.43. The van der Waals surface area contributed by atoms with Crippen molar-refractivity contribution in [2.45, 2.75) is 31.5 Å².